The van der Waals surface area contributed by atoms with E-state index >= 15 is 0 Å². The summed E-state index contributed by atoms with van der Waals surface area (Å²) in [5.41, 5.74) is 0.345. The number of nitrogens with zero attached hydrogens (tertiary/aromatic N) is 1. The van der Waals surface area contributed by atoms with Crippen molar-refractivity contribution >= 4 is 5.97 Å². The van der Waals surface area contributed by atoms with Crippen molar-refractivity contribution in [3.63, 3.8) is 0 Å². The molecule has 1 atom stereocenters. The third-order valence-corrected chi connectivity index (χ3v) is 2.84. The van der Waals surface area contributed by atoms with Crippen molar-refractivity contribution in [2.75, 3.05) is 0 Å². The number of hydrogen-bond donors (Lipinski definition) is 2. The average Bonchev–Trinajstić information content (AvgIpc) is 2.37. The number of rotatable bonds is 4. The summed E-state index contributed by atoms with van der Waals surface area (Å²) in [6, 6.07) is 5.51. The fourth-order valence-corrected chi connectivity index (χ4v) is 1.95. The maximum Gasteiger partial charge on any atom is 0.335 e. The highest BCUT2D eigenvalue weighted by Crippen LogP contribution is 2.23. The van der Waals surface area contributed by atoms with E-state index in [4.69, 9.17) is 5.11 Å². The standard InChI is InChI=1S/C15H13F2NO3/c1-8(19)4-11-5-9(15(20)21)6-14(18-11)12-3-2-10(16)7-13(12)17/h2-3,5-8,19H,4H2,1H3,(H,20,21). The van der Waals surface area contributed by atoms with Crippen LogP contribution in [0, 0.1) is 11.6 Å². The first kappa shape index (κ1) is 15.1. The lowest BCUT2D eigenvalue weighted by atomic mass is 10.1. The van der Waals surface area contributed by atoms with Crippen molar-refractivity contribution in [2.45, 2.75) is 19.4 Å². The first-order chi connectivity index (χ1) is 9.86. The Labute approximate surface area is 119 Å². The van der Waals surface area contributed by atoms with E-state index in [1.54, 1.807) is 0 Å². The van der Waals surface area contributed by atoms with Crippen LogP contribution in [-0.4, -0.2) is 27.3 Å². The zero-order chi connectivity index (χ0) is 15.6. The molecule has 0 aliphatic rings. The Morgan fingerprint density at radius 1 is 1.29 bits per heavy atom. The van der Waals surface area contributed by atoms with Gasteiger partial charge in [-0.1, -0.05) is 0 Å². The number of carboxylic acids is 1. The minimum absolute atomic E-state index is 0.00587. The minimum atomic E-state index is -1.19. The zero-order valence-electron chi connectivity index (χ0n) is 11.2. The van der Waals surface area contributed by atoms with Crippen LogP contribution in [0.5, 0.6) is 0 Å². The normalized spacial score (nSPS) is 12.2. The van der Waals surface area contributed by atoms with Gasteiger partial charge in [0.15, 0.2) is 0 Å². The number of hydrogen-bond acceptors (Lipinski definition) is 3. The summed E-state index contributed by atoms with van der Waals surface area (Å²) in [6.07, 6.45) is -0.579. The Balaban J connectivity index is 2.56. The fraction of sp³-hybridized carbons (Fsp3) is 0.200. The van der Waals surface area contributed by atoms with Crippen LogP contribution in [0.4, 0.5) is 8.78 Å². The Morgan fingerprint density at radius 3 is 2.57 bits per heavy atom. The monoisotopic (exact) mass is 293 g/mol. The second-order valence-corrected chi connectivity index (χ2v) is 4.71. The number of halogens is 2. The van der Waals surface area contributed by atoms with E-state index in [0.29, 0.717) is 11.8 Å². The van der Waals surface area contributed by atoms with Crippen molar-refractivity contribution in [1.29, 1.82) is 0 Å². The summed E-state index contributed by atoms with van der Waals surface area (Å²) in [6.45, 7) is 1.53. The number of benzene rings is 1. The van der Waals surface area contributed by atoms with Gasteiger partial charge >= 0.3 is 5.97 Å². The third kappa shape index (κ3) is 3.61. The van der Waals surface area contributed by atoms with Crippen LogP contribution in [0.2, 0.25) is 0 Å². The highest BCUT2D eigenvalue weighted by Gasteiger charge is 2.14. The second kappa shape index (κ2) is 5.97. The van der Waals surface area contributed by atoms with E-state index < -0.39 is 23.7 Å². The lowest BCUT2D eigenvalue weighted by molar-refractivity contribution is 0.0696. The van der Waals surface area contributed by atoms with Crippen molar-refractivity contribution in [3.05, 3.63) is 53.2 Å². The maximum absolute atomic E-state index is 13.8. The smallest absolute Gasteiger partial charge is 0.335 e. The van der Waals surface area contributed by atoms with Gasteiger partial charge in [-0.15, -0.1) is 0 Å². The predicted molar refractivity (Wildman–Crippen MR) is 71.9 cm³/mol. The van der Waals surface area contributed by atoms with E-state index in [-0.39, 0.29) is 23.2 Å². The quantitative estimate of drug-likeness (QED) is 0.909. The Bertz CT molecular complexity index is 687. The van der Waals surface area contributed by atoms with Crippen molar-refractivity contribution in [3.8, 4) is 11.3 Å². The number of aromatic nitrogens is 1. The third-order valence-electron chi connectivity index (χ3n) is 2.84. The van der Waals surface area contributed by atoms with Gasteiger partial charge in [0, 0.05) is 23.7 Å². The van der Waals surface area contributed by atoms with Crippen LogP contribution >= 0.6 is 0 Å². The van der Waals surface area contributed by atoms with Gasteiger partial charge in [0.1, 0.15) is 11.6 Å². The van der Waals surface area contributed by atoms with Crippen LogP contribution < -0.4 is 0 Å². The van der Waals surface area contributed by atoms with Gasteiger partial charge < -0.3 is 10.2 Å². The summed E-state index contributed by atoms with van der Waals surface area (Å²) in [7, 11) is 0. The molecule has 2 N–H and O–H groups in total. The van der Waals surface area contributed by atoms with Crippen molar-refractivity contribution < 1.29 is 23.8 Å². The van der Waals surface area contributed by atoms with Crippen LogP contribution in [0.15, 0.2) is 30.3 Å². The number of pyridine rings is 1. The predicted octanol–water partition coefficient (Wildman–Crippen LogP) is 2.65. The van der Waals surface area contributed by atoms with Gasteiger partial charge in [-0.25, -0.2) is 13.6 Å². The topological polar surface area (TPSA) is 70.4 Å². The number of carboxylic acid groups (broad SMARTS) is 1. The molecule has 0 saturated heterocycles. The van der Waals surface area contributed by atoms with Gasteiger partial charge in [-0.2, -0.15) is 0 Å². The van der Waals surface area contributed by atoms with Gasteiger partial charge in [0.05, 0.1) is 17.4 Å². The molecule has 0 spiro atoms. The largest absolute Gasteiger partial charge is 0.478 e. The van der Waals surface area contributed by atoms with Gasteiger partial charge in [-0.3, -0.25) is 4.98 Å². The molecule has 4 nitrogen and oxygen atoms in total. The highest BCUT2D eigenvalue weighted by molar-refractivity contribution is 5.89. The molecule has 0 bridgehead atoms. The summed E-state index contributed by atoms with van der Waals surface area (Å²) < 4.78 is 26.7. The Morgan fingerprint density at radius 2 is 2.00 bits per heavy atom. The molecule has 2 rings (SSSR count). The molecule has 1 unspecified atom stereocenters. The molecule has 0 radical (unpaired) electrons. The van der Waals surface area contributed by atoms with E-state index in [0.717, 1.165) is 6.07 Å². The molecular formula is C15H13F2NO3. The lowest BCUT2D eigenvalue weighted by Crippen LogP contribution is -2.09. The summed E-state index contributed by atoms with van der Waals surface area (Å²) in [5.74, 6) is -2.74. The number of carbonyl (C=O) groups is 1. The minimum Gasteiger partial charge on any atom is -0.478 e. The fourth-order valence-electron chi connectivity index (χ4n) is 1.95. The lowest BCUT2D eigenvalue weighted by Gasteiger charge is -2.09. The van der Waals surface area contributed by atoms with E-state index in [1.807, 2.05) is 0 Å². The SMILES string of the molecule is CC(O)Cc1cc(C(=O)O)cc(-c2ccc(F)cc2F)n1. The summed E-state index contributed by atoms with van der Waals surface area (Å²) in [4.78, 5) is 15.2. The molecule has 0 saturated carbocycles. The zero-order valence-corrected chi connectivity index (χ0v) is 11.2. The molecule has 2 aromatic rings. The first-order valence-electron chi connectivity index (χ1n) is 6.24. The summed E-state index contributed by atoms with van der Waals surface area (Å²) >= 11 is 0. The molecule has 1 aromatic carbocycles. The van der Waals surface area contributed by atoms with Crippen molar-refractivity contribution in [2.24, 2.45) is 0 Å². The molecule has 1 aromatic heterocycles. The van der Waals surface area contributed by atoms with Crippen LogP contribution in [-0.2, 0) is 6.42 Å². The molecule has 0 aliphatic carbocycles. The van der Waals surface area contributed by atoms with Gasteiger partial charge in [0.2, 0.25) is 0 Å². The number of aliphatic hydroxyl groups is 1. The van der Waals surface area contributed by atoms with E-state index in [9.17, 15) is 18.7 Å². The summed E-state index contributed by atoms with van der Waals surface area (Å²) in [5, 5.41) is 18.5. The van der Waals surface area contributed by atoms with Gasteiger partial charge in [-0.05, 0) is 31.2 Å². The molecule has 0 fully saturated rings. The molecule has 6 heteroatoms. The average molecular weight is 293 g/mol. The first-order valence-corrected chi connectivity index (χ1v) is 6.24. The van der Waals surface area contributed by atoms with Crippen LogP contribution in [0.1, 0.15) is 23.0 Å². The highest BCUT2D eigenvalue weighted by atomic mass is 19.1. The molecule has 21 heavy (non-hydrogen) atoms. The molecule has 0 aliphatic heterocycles. The second-order valence-electron chi connectivity index (χ2n) is 4.71. The van der Waals surface area contributed by atoms with Crippen LogP contribution in [0.3, 0.4) is 0 Å². The maximum atomic E-state index is 13.8. The molecular weight excluding hydrogens is 280 g/mol. The van der Waals surface area contributed by atoms with E-state index in [1.165, 1.54) is 25.1 Å². The van der Waals surface area contributed by atoms with Gasteiger partial charge in [0.25, 0.3) is 0 Å². The Kier molecular flexibility index (Phi) is 4.28. The molecule has 0 amide bonds. The van der Waals surface area contributed by atoms with Crippen LogP contribution in [0.25, 0.3) is 11.3 Å². The number of aliphatic hydroxyl groups excluding tert-OH is 1. The number of aromatic carboxylic acids is 1. The van der Waals surface area contributed by atoms with E-state index in [2.05, 4.69) is 4.98 Å². The molecule has 110 valence electrons. The van der Waals surface area contributed by atoms with Crippen molar-refractivity contribution in [1.82, 2.24) is 4.98 Å². The Hall–Kier alpha value is -2.34. The molecule has 1 heterocycles.